The van der Waals surface area contributed by atoms with Gasteiger partial charge in [0, 0.05) is 51.5 Å². The lowest BCUT2D eigenvalue weighted by molar-refractivity contribution is -0.166. The van der Waals surface area contributed by atoms with Crippen molar-refractivity contribution in [3.63, 3.8) is 0 Å². The molecule has 1 rings (SSSR count). The maximum atomic E-state index is 13.2. The Morgan fingerprint density at radius 3 is 1.23 bits per heavy atom. The number of hydrogen-bond acceptors (Lipinski definition) is 13. The lowest BCUT2D eigenvalue weighted by Gasteiger charge is -2.22. The highest BCUT2D eigenvalue weighted by molar-refractivity contribution is 5.96. The van der Waals surface area contributed by atoms with Gasteiger partial charge in [0.1, 0.15) is 19.6 Å². The number of nitrogens with zero attached hydrogens (tertiary/aromatic N) is 3. The van der Waals surface area contributed by atoms with Gasteiger partial charge in [-0.2, -0.15) is 0 Å². The predicted octanol–water partition coefficient (Wildman–Crippen LogP) is -0.417. The van der Waals surface area contributed by atoms with Gasteiger partial charge in [0.2, 0.25) is 41.2 Å². The van der Waals surface area contributed by atoms with Gasteiger partial charge in [-0.25, -0.2) is 15.2 Å². The number of carbonyl (C=O) groups excluding carboxylic acids is 7. The zero-order valence-electron chi connectivity index (χ0n) is 30.4. The van der Waals surface area contributed by atoms with Crippen molar-refractivity contribution in [1.82, 2.24) is 36.5 Å². The summed E-state index contributed by atoms with van der Waals surface area (Å²) in [5, 5.41) is 39.7. The summed E-state index contributed by atoms with van der Waals surface area (Å²) in [4.78, 5) is 82.6. The third kappa shape index (κ3) is 18.7. The Bertz CT molecular complexity index is 1340. The fraction of sp³-hybridized carbons (Fsp3) is 0.594. The molecule has 0 atom stereocenters. The van der Waals surface area contributed by atoms with Gasteiger partial charge >= 0.3 is 0 Å². The second-order valence-electron chi connectivity index (χ2n) is 12.4. The Hall–Kier alpha value is -5.21. The topological polar surface area (TPSA) is 266 Å². The van der Waals surface area contributed by atoms with Crippen molar-refractivity contribution in [3.05, 3.63) is 17.7 Å². The van der Waals surface area contributed by atoms with Crippen LogP contribution in [0.25, 0.3) is 0 Å². The summed E-state index contributed by atoms with van der Waals surface area (Å²) in [5.41, 5.74) is -0.425. The summed E-state index contributed by atoms with van der Waals surface area (Å²) in [6.07, 6.45) is 0.812. The molecule has 0 saturated carbocycles. The SMILES string of the molecule is CC(=O)N(O)CC(=O)NCCCOc1cc(C(=O)NC(C)(C)C)cc(OCCCNC(=O)CN(O)C(C)=O)c1OCCCNC(=O)CN(O)C(C)=O. The number of ether oxygens (including phenoxy) is 3. The molecular formula is C32H51N7O13. The average Bonchev–Trinajstić information content (AvgIpc) is 3.03. The van der Waals surface area contributed by atoms with Crippen molar-refractivity contribution >= 4 is 41.4 Å². The first-order chi connectivity index (χ1) is 24.3. The van der Waals surface area contributed by atoms with Crippen LogP contribution in [0.1, 0.15) is 71.2 Å². The monoisotopic (exact) mass is 741 g/mol. The van der Waals surface area contributed by atoms with Crippen molar-refractivity contribution in [2.24, 2.45) is 0 Å². The Morgan fingerprint density at radius 1 is 0.596 bits per heavy atom. The van der Waals surface area contributed by atoms with Crippen LogP contribution in [0.4, 0.5) is 0 Å². The molecule has 0 radical (unpaired) electrons. The number of benzene rings is 1. The summed E-state index contributed by atoms with van der Waals surface area (Å²) in [6.45, 7) is 7.50. The largest absolute Gasteiger partial charge is 0.489 e. The molecule has 52 heavy (non-hydrogen) atoms. The zero-order valence-corrected chi connectivity index (χ0v) is 30.4. The van der Waals surface area contributed by atoms with Crippen molar-refractivity contribution in [2.45, 2.75) is 66.3 Å². The van der Waals surface area contributed by atoms with Crippen LogP contribution < -0.4 is 35.5 Å². The lowest BCUT2D eigenvalue weighted by atomic mass is 10.1. The van der Waals surface area contributed by atoms with Crippen LogP contribution in [0.15, 0.2) is 12.1 Å². The van der Waals surface area contributed by atoms with Gasteiger partial charge in [0.15, 0.2) is 11.5 Å². The number of hydroxylamine groups is 6. The van der Waals surface area contributed by atoms with E-state index in [0.717, 1.165) is 20.8 Å². The van der Waals surface area contributed by atoms with Gasteiger partial charge in [-0.05, 0) is 52.2 Å². The molecule has 0 fully saturated rings. The Labute approximate surface area is 301 Å². The van der Waals surface area contributed by atoms with Crippen LogP contribution in [-0.4, -0.2) is 137 Å². The first kappa shape index (κ1) is 44.8. The van der Waals surface area contributed by atoms with Gasteiger partial charge < -0.3 is 35.5 Å². The predicted molar refractivity (Wildman–Crippen MR) is 181 cm³/mol. The summed E-state index contributed by atoms with van der Waals surface area (Å²) in [5.74, 6) is -3.98. The molecule has 0 unspecified atom stereocenters. The molecule has 0 heterocycles. The van der Waals surface area contributed by atoms with Crippen LogP contribution in [-0.2, 0) is 28.8 Å². The Morgan fingerprint density at radius 2 is 0.923 bits per heavy atom. The minimum Gasteiger partial charge on any atom is -0.489 e. The highest BCUT2D eigenvalue weighted by atomic mass is 16.5. The van der Waals surface area contributed by atoms with Gasteiger partial charge in [0.25, 0.3) is 5.91 Å². The fourth-order valence-electron chi connectivity index (χ4n) is 3.83. The number of nitrogens with one attached hydrogen (secondary N) is 4. The molecule has 0 spiro atoms. The van der Waals surface area contributed by atoms with Crippen LogP contribution in [0.2, 0.25) is 0 Å². The number of amides is 7. The Kier molecular flexibility index (Phi) is 19.5. The lowest BCUT2D eigenvalue weighted by Crippen LogP contribution is -2.40. The van der Waals surface area contributed by atoms with Gasteiger partial charge in [-0.15, -0.1) is 0 Å². The third-order valence-electron chi connectivity index (χ3n) is 6.43. The molecule has 0 aliphatic carbocycles. The molecule has 0 aliphatic heterocycles. The van der Waals surface area contributed by atoms with Crippen LogP contribution in [0.3, 0.4) is 0 Å². The summed E-state index contributed by atoms with van der Waals surface area (Å²) >= 11 is 0. The zero-order chi connectivity index (χ0) is 39.4. The minimum atomic E-state index is -0.697. The highest BCUT2D eigenvalue weighted by Crippen LogP contribution is 2.39. The van der Waals surface area contributed by atoms with Crippen molar-refractivity contribution < 1.29 is 63.4 Å². The van der Waals surface area contributed by atoms with E-state index in [4.69, 9.17) is 14.2 Å². The van der Waals surface area contributed by atoms with Crippen molar-refractivity contribution in [2.75, 3.05) is 59.1 Å². The maximum Gasteiger partial charge on any atom is 0.251 e. The second kappa shape index (κ2) is 22.6. The van der Waals surface area contributed by atoms with E-state index in [2.05, 4.69) is 21.3 Å². The van der Waals surface area contributed by atoms with E-state index in [-0.39, 0.29) is 96.7 Å². The van der Waals surface area contributed by atoms with Crippen LogP contribution in [0.5, 0.6) is 17.2 Å². The summed E-state index contributed by atoms with van der Waals surface area (Å²) in [6, 6.07) is 2.90. The average molecular weight is 742 g/mol. The van der Waals surface area contributed by atoms with Crippen LogP contribution >= 0.6 is 0 Å². The fourth-order valence-corrected chi connectivity index (χ4v) is 3.83. The summed E-state index contributed by atoms with van der Waals surface area (Å²) < 4.78 is 18.0. The maximum absolute atomic E-state index is 13.2. The molecule has 1 aromatic carbocycles. The molecule has 0 bridgehead atoms. The van der Waals surface area contributed by atoms with Crippen molar-refractivity contribution in [1.29, 1.82) is 0 Å². The van der Waals surface area contributed by atoms with E-state index >= 15 is 0 Å². The van der Waals surface area contributed by atoms with E-state index in [0.29, 0.717) is 0 Å². The van der Waals surface area contributed by atoms with E-state index in [9.17, 15) is 49.2 Å². The number of rotatable bonds is 22. The van der Waals surface area contributed by atoms with Gasteiger partial charge in [-0.1, -0.05) is 0 Å². The van der Waals surface area contributed by atoms with E-state index < -0.39 is 66.5 Å². The molecule has 20 heteroatoms. The summed E-state index contributed by atoms with van der Waals surface area (Å²) in [7, 11) is 0. The molecule has 0 saturated heterocycles. The highest BCUT2D eigenvalue weighted by Gasteiger charge is 2.22. The van der Waals surface area contributed by atoms with E-state index in [1.807, 2.05) is 0 Å². The normalized spacial score (nSPS) is 10.7. The number of carbonyl (C=O) groups is 7. The number of hydrogen-bond donors (Lipinski definition) is 7. The first-order valence-corrected chi connectivity index (χ1v) is 16.4. The molecular weight excluding hydrogens is 690 g/mol. The smallest absolute Gasteiger partial charge is 0.251 e. The molecule has 20 nitrogen and oxygen atoms in total. The molecule has 0 aromatic heterocycles. The van der Waals surface area contributed by atoms with Crippen LogP contribution in [0, 0.1) is 0 Å². The Balaban J connectivity index is 3.14. The van der Waals surface area contributed by atoms with E-state index in [1.54, 1.807) is 20.8 Å². The van der Waals surface area contributed by atoms with Gasteiger partial charge in [-0.3, -0.25) is 49.2 Å². The third-order valence-corrected chi connectivity index (χ3v) is 6.43. The quantitative estimate of drug-likeness (QED) is 0.0453. The molecule has 7 N–H and O–H groups in total. The van der Waals surface area contributed by atoms with E-state index in [1.165, 1.54) is 12.1 Å². The molecule has 1 aromatic rings. The standard InChI is InChI=1S/C32H51N7O13/c1-21(40)37(47)18-27(43)33-10-7-13-50-25-16-24(31(46)36-32(4,5)6)17-26(51-14-8-11-34-28(44)19-38(48)22(2)41)30(25)52-15-9-12-35-29(45)20-39(49)23(3)42/h16-17,47-49H,7-15,18-20H2,1-6H3,(H,33,43)(H,34,44)(H,35,45)(H,36,46). The first-order valence-electron chi connectivity index (χ1n) is 16.4. The van der Waals surface area contributed by atoms with Crippen molar-refractivity contribution in [3.8, 4) is 17.2 Å². The second-order valence-corrected chi connectivity index (χ2v) is 12.4. The molecule has 292 valence electrons. The minimum absolute atomic E-state index is 0.0177. The van der Waals surface area contributed by atoms with Gasteiger partial charge in [0.05, 0.1) is 19.8 Å². The molecule has 7 amide bonds. The molecule has 0 aliphatic rings.